The molecule has 2 aromatic rings. The summed E-state index contributed by atoms with van der Waals surface area (Å²) >= 11 is 0. The number of hydrogen-bond acceptors (Lipinski definition) is 2. The first kappa shape index (κ1) is 22.4. The molecule has 2 amide bonds. The first-order valence-corrected chi connectivity index (χ1v) is 8.35. The number of nitrogens with one attached hydrogen (secondary N) is 2. The molecular weight excluding hydrogens is 402 g/mol. The number of halogens is 6. The van der Waals surface area contributed by atoms with Gasteiger partial charge in [0, 0.05) is 17.6 Å². The van der Waals surface area contributed by atoms with Gasteiger partial charge in [-0.05, 0) is 35.9 Å². The lowest BCUT2D eigenvalue weighted by Gasteiger charge is -2.28. The van der Waals surface area contributed by atoms with Gasteiger partial charge in [-0.3, -0.25) is 0 Å². The lowest BCUT2D eigenvalue weighted by atomic mass is 9.81. The van der Waals surface area contributed by atoms with Crippen LogP contribution in [0.1, 0.15) is 25.0 Å². The molecule has 0 fully saturated rings. The molecule has 0 aliphatic carbocycles. The molecule has 158 valence electrons. The van der Waals surface area contributed by atoms with E-state index in [2.05, 4.69) is 15.4 Å². The van der Waals surface area contributed by atoms with E-state index in [1.165, 1.54) is 30.3 Å². The van der Waals surface area contributed by atoms with Crippen molar-refractivity contribution in [2.75, 3.05) is 11.9 Å². The van der Waals surface area contributed by atoms with Crippen LogP contribution in [0, 0.1) is 0 Å². The fourth-order valence-corrected chi connectivity index (χ4v) is 2.63. The summed E-state index contributed by atoms with van der Waals surface area (Å²) in [4.78, 5) is 12.0. The first-order valence-electron chi connectivity index (χ1n) is 8.35. The average Bonchev–Trinajstić information content (AvgIpc) is 2.60. The van der Waals surface area contributed by atoms with E-state index in [1.54, 1.807) is 13.8 Å². The molecule has 0 saturated heterocycles. The van der Waals surface area contributed by atoms with Gasteiger partial charge in [-0.2, -0.15) is 13.2 Å². The minimum absolute atomic E-state index is 0.0291. The smallest absolute Gasteiger partial charge is 0.406 e. The van der Waals surface area contributed by atoms with Gasteiger partial charge >= 0.3 is 18.6 Å². The number of hydrogen-bond donors (Lipinski definition) is 2. The summed E-state index contributed by atoms with van der Waals surface area (Å²) in [6.45, 7) is 3.00. The van der Waals surface area contributed by atoms with Crippen molar-refractivity contribution in [3.8, 4) is 5.75 Å². The summed E-state index contributed by atoms with van der Waals surface area (Å²) in [5, 5.41) is 4.86. The molecule has 0 aliphatic heterocycles. The maximum atomic E-state index is 13.2. The van der Waals surface area contributed by atoms with Crippen LogP contribution in [0.4, 0.5) is 36.8 Å². The molecule has 2 N–H and O–H groups in total. The van der Waals surface area contributed by atoms with Crippen molar-refractivity contribution in [1.29, 1.82) is 0 Å². The summed E-state index contributed by atoms with van der Waals surface area (Å²) in [6, 6.07) is 8.82. The fourth-order valence-electron chi connectivity index (χ4n) is 2.63. The number of urea groups is 1. The number of alkyl halides is 6. The summed E-state index contributed by atoms with van der Waals surface area (Å²) in [5.41, 5.74) is -1.60. The van der Waals surface area contributed by atoms with Crippen LogP contribution in [0.5, 0.6) is 5.75 Å². The highest BCUT2D eigenvalue weighted by Crippen LogP contribution is 2.37. The zero-order valence-electron chi connectivity index (χ0n) is 15.4. The van der Waals surface area contributed by atoms with Crippen LogP contribution < -0.4 is 15.4 Å². The van der Waals surface area contributed by atoms with Gasteiger partial charge in [0.1, 0.15) is 5.75 Å². The number of ether oxygens (including phenoxy) is 1. The lowest BCUT2D eigenvalue weighted by Crippen LogP contribution is -2.39. The fraction of sp³-hybridized carbons (Fsp3) is 0.316. The van der Waals surface area contributed by atoms with Crippen molar-refractivity contribution < 1.29 is 35.9 Å². The Hall–Kier alpha value is -2.91. The maximum Gasteiger partial charge on any atom is 0.573 e. The van der Waals surface area contributed by atoms with Gasteiger partial charge in [0.05, 0.1) is 5.56 Å². The predicted octanol–water partition coefficient (Wildman–Crippen LogP) is 5.70. The van der Waals surface area contributed by atoms with Crippen molar-refractivity contribution >= 4 is 11.7 Å². The van der Waals surface area contributed by atoms with Crippen molar-refractivity contribution in [2.24, 2.45) is 0 Å². The topological polar surface area (TPSA) is 50.4 Å². The van der Waals surface area contributed by atoms with E-state index in [0.717, 1.165) is 18.2 Å². The number of benzene rings is 2. The summed E-state index contributed by atoms with van der Waals surface area (Å²) in [6.07, 6.45) is -9.36. The molecule has 0 unspecified atom stereocenters. The minimum atomic E-state index is -4.83. The highest BCUT2D eigenvalue weighted by Gasteiger charge is 2.37. The number of carbonyl (C=O) groups is 1. The molecule has 4 nitrogen and oxygen atoms in total. The molecule has 10 heteroatoms. The number of carbonyl (C=O) groups excluding carboxylic acids is 1. The van der Waals surface area contributed by atoms with Crippen LogP contribution in [0.15, 0.2) is 48.5 Å². The second kappa shape index (κ2) is 8.22. The van der Waals surface area contributed by atoms with Crippen molar-refractivity contribution in [3.63, 3.8) is 0 Å². The quantitative estimate of drug-likeness (QED) is 0.610. The Morgan fingerprint density at radius 1 is 0.897 bits per heavy atom. The van der Waals surface area contributed by atoms with E-state index in [9.17, 15) is 31.1 Å². The third-order valence-corrected chi connectivity index (χ3v) is 4.00. The Morgan fingerprint density at radius 3 is 1.97 bits per heavy atom. The second-order valence-corrected chi connectivity index (χ2v) is 6.81. The van der Waals surface area contributed by atoms with E-state index in [4.69, 9.17) is 0 Å². The zero-order chi connectivity index (χ0) is 21.9. The average molecular weight is 420 g/mol. The summed E-state index contributed by atoms with van der Waals surface area (Å²) < 4.78 is 79.8. The van der Waals surface area contributed by atoms with Crippen molar-refractivity contribution in [1.82, 2.24) is 5.32 Å². The Bertz CT molecular complexity index is 845. The van der Waals surface area contributed by atoms with Crippen LogP contribution >= 0.6 is 0 Å². The van der Waals surface area contributed by atoms with Gasteiger partial charge in [-0.25, -0.2) is 4.79 Å². The van der Waals surface area contributed by atoms with E-state index in [0.29, 0.717) is 0 Å². The zero-order valence-corrected chi connectivity index (χ0v) is 15.4. The standard InChI is InChI=1S/C19H18F6N2O2/c1-17(2,14-5-3-4-6-15(14)18(20,21)22)11-26-16(28)27-12-7-9-13(10-8-12)29-19(23,24)25/h3-10H,11H2,1-2H3,(H2,26,27,28). The molecule has 0 aromatic heterocycles. The number of rotatable bonds is 5. The van der Waals surface area contributed by atoms with Gasteiger partial charge in [-0.1, -0.05) is 32.0 Å². The monoisotopic (exact) mass is 420 g/mol. The lowest BCUT2D eigenvalue weighted by molar-refractivity contribution is -0.274. The molecule has 0 bridgehead atoms. The summed E-state index contributed by atoms with van der Waals surface area (Å²) in [5.74, 6) is -0.451. The summed E-state index contributed by atoms with van der Waals surface area (Å²) in [7, 11) is 0. The molecule has 0 saturated carbocycles. The van der Waals surface area contributed by atoms with E-state index in [-0.39, 0.29) is 17.8 Å². The highest BCUT2D eigenvalue weighted by atomic mass is 19.4. The molecule has 29 heavy (non-hydrogen) atoms. The maximum absolute atomic E-state index is 13.2. The molecule has 0 aliphatic rings. The van der Waals surface area contributed by atoms with Crippen LogP contribution in [0.2, 0.25) is 0 Å². The van der Waals surface area contributed by atoms with E-state index < -0.39 is 35.3 Å². The van der Waals surface area contributed by atoms with Crippen LogP contribution in [0.3, 0.4) is 0 Å². The van der Waals surface area contributed by atoms with Crippen molar-refractivity contribution in [2.45, 2.75) is 31.8 Å². The predicted molar refractivity (Wildman–Crippen MR) is 94.6 cm³/mol. The Labute approximate surface area is 162 Å². The third-order valence-electron chi connectivity index (χ3n) is 4.00. The normalized spacial score (nSPS) is 12.4. The van der Waals surface area contributed by atoms with Gasteiger partial charge in [0.2, 0.25) is 0 Å². The van der Waals surface area contributed by atoms with Crippen molar-refractivity contribution in [3.05, 3.63) is 59.7 Å². The Morgan fingerprint density at radius 2 is 1.45 bits per heavy atom. The van der Waals surface area contributed by atoms with E-state index in [1.807, 2.05) is 0 Å². The van der Waals surface area contributed by atoms with Gasteiger partial charge in [-0.15, -0.1) is 13.2 Å². The largest absolute Gasteiger partial charge is 0.573 e. The minimum Gasteiger partial charge on any atom is -0.406 e. The SMILES string of the molecule is CC(C)(CNC(=O)Nc1ccc(OC(F)(F)F)cc1)c1ccccc1C(F)(F)F. The number of amides is 2. The Kier molecular flexibility index (Phi) is 6.34. The van der Waals surface area contributed by atoms with E-state index >= 15 is 0 Å². The van der Waals surface area contributed by atoms with Gasteiger partial charge < -0.3 is 15.4 Å². The highest BCUT2D eigenvalue weighted by molar-refractivity contribution is 5.89. The van der Waals surface area contributed by atoms with Gasteiger partial charge in [0.15, 0.2) is 0 Å². The number of anilines is 1. The molecule has 2 aromatic carbocycles. The van der Waals surface area contributed by atoms with Crippen LogP contribution in [0.25, 0.3) is 0 Å². The second-order valence-electron chi connectivity index (χ2n) is 6.81. The van der Waals surface area contributed by atoms with Gasteiger partial charge in [0.25, 0.3) is 0 Å². The molecule has 2 rings (SSSR count). The molecular formula is C19H18F6N2O2. The molecule has 0 heterocycles. The Balaban J connectivity index is 2.00. The molecule has 0 spiro atoms. The third kappa shape index (κ3) is 6.58. The van der Waals surface area contributed by atoms with Crippen LogP contribution in [-0.2, 0) is 11.6 Å². The first-order chi connectivity index (χ1) is 13.3. The molecule has 0 radical (unpaired) electrons. The molecule has 0 atom stereocenters. The van der Waals surface area contributed by atoms with Crippen LogP contribution in [-0.4, -0.2) is 18.9 Å².